The van der Waals surface area contributed by atoms with Gasteiger partial charge in [-0.1, -0.05) is 19.1 Å². The Balaban J connectivity index is 1.97. The van der Waals surface area contributed by atoms with E-state index >= 15 is 0 Å². The summed E-state index contributed by atoms with van der Waals surface area (Å²) < 4.78 is 5.55. The van der Waals surface area contributed by atoms with Crippen LogP contribution in [-0.2, 0) is 4.79 Å². The number of nitrogens with one attached hydrogen (secondary N) is 1. The fourth-order valence-corrected chi connectivity index (χ4v) is 2.93. The van der Waals surface area contributed by atoms with Gasteiger partial charge in [0.15, 0.2) is 0 Å². The second-order valence-corrected chi connectivity index (χ2v) is 6.01. The smallest absolute Gasteiger partial charge is 0.257 e. The van der Waals surface area contributed by atoms with Crippen LogP contribution in [-0.4, -0.2) is 68.0 Å². The monoisotopic (exact) mass is 333 g/mol. The van der Waals surface area contributed by atoms with Gasteiger partial charge in [-0.25, -0.2) is 0 Å². The van der Waals surface area contributed by atoms with E-state index in [1.165, 1.54) is 0 Å². The molecule has 1 heterocycles. The van der Waals surface area contributed by atoms with Crippen molar-refractivity contribution in [3.8, 4) is 5.75 Å². The lowest BCUT2D eigenvalue weighted by molar-refractivity contribution is -0.136. The molecule has 0 saturated carbocycles. The minimum absolute atomic E-state index is 0.0329. The van der Waals surface area contributed by atoms with Gasteiger partial charge in [0, 0.05) is 38.6 Å². The Bertz CT molecular complexity index is 568. The highest BCUT2D eigenvalue weighted by molar-refractivity contribution is 5.97. The van der Waals surface area contributed by atoms with E-state index in [1.807, 2.05) is 44.0 Å². The standard InChI is InChI=1S/C18H27N3O3/c1-4-24-16-8-6-5-7-15(16)18(23)21-11-9-20(10-12-21)17(22)14(2)13-19-3/h5-8,14,19H,4,9-13H2,1-3H3. The van der Waals surface area contributed by atoms with Crippen molar-refractivity contribution in [2.75, 3.05) is 46.4 Å². The maximum atomic E-state index is 12.7. The number of ether oxygens (including phenoxy) is 1. The highest BCUT2D eigenvalue weighted by Crippen LogP contribution is 2.21. The molecule has 1 aromatic carbocycles. The number of amides is 2. The first-order chi connectivity index (χ1) is 11.6. The van der Waals surface area contributed by atoms with Crippen molar-refractivity contribution in [1.29, 1.82) is 0 Å². The average molecular weight is 333 g/mol. The van der Waals surface area contributed by atoms with Gasteiger partial charge in [-0.05, 0) is 26.1 Å². The Morgan fingerprint density at radius 2 is 1.79 bits per heavy atom. The van der Waals surface area contributed by atoms with Crippen molar-refractivity contribution in [3.63, 3.8) is 0 Å². The molecule has 1 fully saturated rings. The highest BCUT2D eigenvalue weighted by atomic mass is 16.5. The van der Waals surface area contributed by atoms with E-state index in [0.717, 1.165) is 0 Å². The Morgan fingerprint density at radius 3 is 2.42 bits per heavy atom. The normalized spacial score (nSPS) is 16.0. The summed E-state index contributed by atoms with van der Waals surface area (Å²) in [6.45, 7) is 7.28. The lowest BCUT2D eigenvalue weighted by Crippen LogP contribution is -2.52. The van der Waals surface area contributed by atoms with Gasteiger partial charge in [0.25, 0.3) is 5.91 Å². The molecule has 0 radical (unpaired) electrons. The number of benzene rings is 1. The molecule has 6 heteroatoms. The molecule has 1 N–H and O–H groups in total. The molecule has 132 valence electrons. The number of piperazine rings is 1. The molecule has 1 aromatic rings. The van der Waals surface area contributed by atoms with Gasteiger partial charge >= 0.3 is 0 Å². The Labute approximate surface area is 143 Å². The molecule has 1 aliphatic heterocycles. The number of nitrogens with zero attached hydrogens (tertiary/aromatic N) is 2. The van der Waals surface area contributed by atoms with Gasteiger partial charge in [-0.15, -0.1) is 0 Å². The number of carbonyl (C=O) groups excluding carboxylic acids is 2. The van der Waals surface area contributed by atoms with E-state index in [4.69, 9.17) is 4.74 Å². The fourth-order valence-electron chi connectivity index (χ4n) is 2.93. The van der Waals surface area contributed by atoms with E-state index in [2.05, 4.69) is 5.32 Å². The predicted octanol–water partition coefficient (Wildman–Crippen LogP) is 1.23. The van der Waals surface area contributed by atoms with Gasteiger partial charge in [0.05, 0.1) is 12.2 Å². The van der Waals surface area contributed by atoms with Crippen molar-refractivity contribution in [3.05, 3.63) is 29.8 Å². The highest BCUT2D eigenvalue weighted by Gasteiger charge is 2.28. The first kappa shape index (κ1) is 18.3. The predicted molar refractivity (Wildman–Crippen MR) is 93.2 cm³/mol. The topological polar surface area (TPSA) is 61.9 Å². The molecule has 6 nitrogen and oxygen atoms in total. The lowest BCUT2D eigenvalue weighted by Gasteiger charge is -2.36. The van der Waals surface area contributed by atoms with Crippen molar-refractivity contribution in [2.45, 2.75) is 13.8 Å². The summed E-state index contributed by atoms with van der Waals surface area (Å²) >= 11 is 0. The molecule has 0 bridgehead atoms. The van der Waals surface area contributed by atoms with Crippen LogP contribution in [0.5, 0.6) is 5.75 Å². The summed E-state index contributed by atoms with van der Waals surface area (Å²) in [5, 5.41) is 3.03. The number of carbonyl (C=O) groups is 2. The molecule has 1 aliphatic rings. The van der Waals surface area contributed by atoms with E-state index < -0.39 is 0 Å². The van der Waals surface area contributed by atoms with E-state index in [1.54, 1.807) is 11.0 Å². The molecular weight excluding hydrogens is 306 g/mol. The van der Waals surface area contributed by atoms with Crippen molar-refractivity contribution >= 4 is 11.8 Å². The van der Waals surface area contributed by atoms with Crippen LogP contribution in [0.25, 0.3) is 0 Å². The second-order valence-electron chi connectivity index (χ2n) is 6.01. The number of rotatable bonds is 6. The summed E-state index contributed by atoms with van der Waals surface area (Å²) in [7, 11) is 1.84. The molecule has 1 atom stereocenters. The molecule has 2 rings (SSSR count). The van der Waals surface area contributed by atoms with Crippen LogP contribution < -0.4 is 10.1 Å². The fraction of sp³-hybridized carbons (Fsp3) is 0.556. The van der Waals surface area contributed by atoms with Crippen LogP contribution in [0.2, 0.25) is 0 Å². The van der Waals surface area contributed by atoms with Crippen LogP contribution in [0, 0.1) is 5.92 Å². The number of hydrogen-bond acceptors (Lipinski definition) is 4. The van der Waals surface area contributed by atoms with E-state index in [0.29, 0.717) is 50.6 Å². The third-order valence-corrected chi connectivity index (χ3v) is 4.23. The maximum absolute atomic E-state index is 12.7. The van der Waals surface area contributed by atoms with Gasteiger partial charge in [-0.2, -0.15) is 0 Å². The maximum Gasteiger partial charge on any atom is 0.257 e. The molecular formula is C18H27N3O3. The van der Waals surface area contributed by atoms with Gasteiger partial charge in [0.2, 0.25) is 5.91 Å². The van der Waals surface area contributed by atoms with Gasteiger partial charge < -0.3 is 19.9 Å². The largest absolute Gasteiger partial charge is 0.493 e. The van der Waals surface area contributed by atoms with Crippen molar-refractivity contribution in [1.82, 2.24) is 15.1 Å². The van der Waals surface area contributed by atoms with Crippen LogP contribution in [0.3, 0.4) is 0 Å². The third kappa shape index (κ3) is 4.26. The first-order valence-corrected chi connectivity index (χ1v) is 8.53. The molecule has 0 aliphatic carbocycles. The molecule has 0 aromatic heterocycles. The van der Waals surface area contributed by atoms with E-state index in [9.17, 15) is 9.59 Å². The van der Waals surface area contributed by atoms with Gasteiger partial charge in [0.1, 0.15) is 5.75 Å². The quantitative estimate of drug-likeness (QED) is 0.850. The molecule has 0 spiro atoms. The summed E-state index contributed by atoms with van der Waals surface area (Å²) in [5.41, 5.74) is 0.586. The molecule has 1 unspecified atom stereocenters. The lowest BCUT2D eigenvalue weighted by atomic mass is 10.1. The molecule has 2 amide bonds. The van der Waals surface area contributed by atoms with E-state index in [-0.39, 0.29) is 17.7 Å². The second kappa shape index (κ2) is 8.68. The zero-order valence-electron chi connectivity index (χ0n) is 14.7. The SMILES string of the molecule is CCOc1ccccc1C(=O)N1CCN(C(=O)C(C)CNC)CC1. The number of para-hydroxylation sites is 1. The Morgan fingerprint density at radius 1 is 1.17 bits per heavy atom. The van der Waals surface area contributed by atoms with Crippen LogP contribution in [0.15, 0.2) is 24.3 Å². The third-order valence-electron chi connectivity index (χ3n) is 4.23. The molecule has 1 saturated heterocycles. The Kier molecular flexibility index (Phi) is 6.61. The summed E-state index contributed by atoms with van der Waals surface area (Å²) in [6, 6.07) is 7.31. The van der Waals surface area contributed by atoms with Crippen LogP contribution in [0.4, 0.5) is 0 Å². The van der Waals surface area contributed by atoms with Crippen molar-refractivity contribution < 1.29 is 14.3 Å². The minimum Gasteiger partial charge on any atom is -0.493 e. The zero-order valence-corrected chi connectivity index (χ0v) is 14.7. The summed E-state index contributed by atoms with van der Waals surface area (Å²) in [5.74, 6) is 0.683. The first-order valence-electron chi connectivity index (χ1n) is 8.53. The molecule has 24 heavy (non-hydrogen) atoms. The summed E-state index contributed by atoms with van der Waals surface area (Å²) in [6.07, 6.45) is 0. The van der Waals surface area contributed by atoms with Crippen LogP contribution >= 0.6 is 0 Å². The summed E-state index contributed by atoms with van der Waals surface area (Å²) in [4.78, 5) is 28.7. The van der Waals surface area contributed by atoms with Crippen LogP contribution in [0.1, 0.15) is 24.2 Å². The average Bonchev–Trinajstić information content (AvgIpc) is 2.61. The zero-order chi connectivity index (χ0) is 17.5. The minimum atomic E-state index is -0.0454. The van der Waals surface area contributed by atoms with Gasteiger partial charge in [-0.3, -0.25) is 9.59 Å². The van der Waals surface area contributed by atoms with Crippen molar-refractivity contribution in [2.24, 2.45) is 5.92 Å². The Hall–Kier alpha value is -2.08. The number of hydrogen-bond donors (Lipinski definition) is 1.